The van der Waals surface area contributed by atoms with Gasteiger partial charge in [-0.3, -0.25) is 0 Å². The van der Waals surface area contributed by atoms with Gasteiger partial charge in [-0.15, -0.1) is 0 Å². The third-order valence-electron chi connectivity index (χ3n) is 3.55. The van der Waals surface area contributed by atoms with Crippen molar-refractivity contribution < 1.29 is 8.42 Å². The minimum absolute atomic E-state index is 0.130. The highest BCUT2D eigenvalue weighted by Gasteiger charge is 2.34. The minimum atomic E-state index is -3.14. The lowest BCUT2D eigenvalue weighted by Crippen LogP contribution is -2.34. The van der Waals surface area contributed by atoms with Crippen LogP contribution in [-0.2, 0) is 16.4 Å². The van der Waals surface area contributed by atoms with Crippen molar-refractivity contribution in [1.29, 1.82) is 0 Å². The molecule has 0 bridgehead atoms. The average Bonchev–Trinajstić information content (AvgIpc) is 2.98. The second kappa shape index (κ2) is 5.03. The number of nitrogens with zero attached hydrogens (tertiary/aromatic N) is 2. The van der Waals surface area contributed by atoms with Crippen LogP contribution in [0.2, 0.25) is 0 Å². The van der Waals surface area contributed by atoms with Crippen LogP contribution in [0.1, 0.15) is 18.5 Å². The zero-order chi connectivity index (χ0) is 14.2. The largest absolute Gasteiger partial charge is 0.336 e. The van der Waals surface area contributed by atoms with Crippen LogP contribution in [0.4, 0.5) is 0 Å². The molecule has 1 aromatic carbocycles. The molecule has 1 aliphatic heterocycles. The summed E-state index contributed by atoms with van der Waals surface area (Å²) in [6.07, 6.45) is 5.40. The number of benzene rings is 1. The molecule has 2 atom stereocenters. The molecule has 0 spiro atoms. The van der Waals surface area contributed by atoms with Gasteiger partial charge in [0.05, 0.1) is 17.0 Å². The summed E-state index contributed by atoms with van der Waals surface area (Å²) in [6.45, 7) is 2.81. The summed E-state index contributed by atoms with van der Waals surface area (Å²) < 4.78 is 26.2. The van der Waals surface area contributed by atoms with Gasteiger partial charge in [-0.25, -0.2) is 13.4 Å². The lowest BCUT2D eigenvalue weighted by molar-refractivity contribution is 0.432. The average molecular weight is 291 g/mol. The molecule has 0 aliphatic carbocycles. The fraction of sp³-hybridized carbons (Fsp3) is 0.357. The molecule has 2 unspecified atom stereocenters. The van der Waals surface area contributed by atoms with E-state index in [-0.39, 0.29) is 17.8 Å². The van der Waals surface area contributed by atoms with Crippen LogP contribution in [0, 0.1) is 0 Å². The van der Waals surface area contributed by atoms with Gasteiger partial charge in [-0.1, -0.05) is 18.2 Å². The number of rotatable bonds is 4. The molecule has 2 aromatic rings. The number of fused-ring (bicyclic) bond motifs is 1. The number of imidazole rings is 1. The van der Waals surface area contributed by atoms with E-state index in [1.807, 2.05) is 29.8 Å². The smallest absolute Gasteiger partial charge is 0.180 e. The highest BCUT2D eigenvalue weighted by Crippen LogP contribution is 2.33. The van der Waals surface area contributed by atoms with Crippen molar-refractivity contribution in [3.05, 3.63) is 48.5 Å². The normalized spacial score (nSPS) is 21.6. The second-order valence-corrected chi connectivity index (χ2v) is 7.20. The van der Waals surface area contributed by atoms with E-state index in [1.54, 1.807) is 24.7 Å². The summed E-state index contributed by atoms with van der Waals surface area (Å²) in [4.78, 5) is 4.47. The molecule has 106 valence electrons. The van der Waals surface area contributed by atoms with Crippen LogP contribution in [0.5, 0.6) is 0 Å². The first kappa shape index (κ1) is 13.3. The molecule has 0 amide bonds. The fourth-order valence-electron chi connectivity index (χ4n) is 2.70. The van der Waals surface area contributed by atoms with Gasteiger partial charge in [-0.05, 0) is 18.6 Å². The van der Waals surface area contributed by atoms with E-state index in [0.29, 0.717) is 4.90 Å². The monoisotopic (exact) mass is 291 g/mol. The topological polar surface area (TPSA) is 64.0 Å². The Labute approximate surface area is 118 Å². The Balaban J connectivity index is 1.76. The Hall–Kier alpha value is -1.66. The Morgan fingerprint density at radius 2 is 2.25 bits per heavy atom. The van der Waals surface area contributed by atoms with Crippen LogP contribution < -0.4 is 5.32 Å². The molecule has 2 heterocycles. The van der Waals surface area contributed by atoms with Crippen LogP contribution in [0.15, 0.2) is 47.9 Å². The van der Waals surface area contributed by atoms with Crippen molar-refractivity contribution in [2.75, 3.05) is 5.75 Å². The van der Waals surface area contributed by atoms with E-state index >= 15 is 0 Å². The van der Waals surface area contributed by atoms with Crippen LogP contribution in [0.3, 0.4) is 0 Å². The standard InChI is InChI=1S/C14H17N3O2S/c1-11(8-17-7-6-15-10-17)16-13-9-20(18,19)14-5-3-2-4-12(13)14/h2-7,10-11,13,16H,8-9H2,1H3. The van der Waals surface area contributed by atoms with Gasteiger partial charge in [0.15, 0.2) is 9.84 Å². The first-order chi connectivity index (χ1) is 9.56. The van der Waals surface area contributed by atoms with E-state index in [9.17, 15) is 8.42 Å². The van der Waals surface area contributed by atoms with Crippen molar-refractivity contribution >= 4 is 9.84 Å². The zero-order valence-electron chi connectivity index (χ0n) is 11.2. The van der Waals surface area contributed by atoms with Gasteiger partial charge < -0.3 is 9.88 Å². The molecular weight excluding hydrogens is 274 g/mol. The molecule has 0 radical (unpaired) electrons. The molecule has 5 nitrogen and oxygen atoms in total. The number of hydrogen-bond acceptors (Lipinski definition) is 4. The van der Waals surface area contributed by atoms with Gasteiger partial charge in [0, 0.05) is 31.0 Å². The maximum absolute atomic E-state index is 12.1. The van der Waals surface area contributed by atoms with E-state index < -0.39 is 9.84 Å². The minimum Gasteiger partial charge on any atom is -0.336 e. The summed E-state index contributed by atoms with van der Waals surface area (Å²) in [5.41, 5.74) is 0.880. The number of aromatic nitrogens is 2. The van der Waals surface area contributed by atoms with Crippen molar-refractivity contribution in [3.8, 4) is 0 Å². The van der Waals surface area contributed by atoms with E-state index in [2.05, 4.69) is 10.3 Å². The zero-order valence-corrected chi connectivity index (χ0v) is 12.0. The van der Waals surface area contributed by atoms with Crippen LogP contribution in [0.25, 0.3) is 0 Å². The van der Waals surface area contributed by atoms with Gasteiger partial charge in [0.1, 0.15) is 0 Å². The first-order valence-corrected chi connectivity index (χ1v) is 8.25. The molecule has 0 saturated carbocycles. The van der Waals surface area contributed by atoms with Gasteiger partial charge in [0.2, 0.25) is 0 Å². The predicted molar refractivity (Wildman–Crippen MR) is 76.1 cm³/mol. The fourth-order valence-corrected chi connectivity index (χ4v) is 4.45. The maximum Gasteiger partial charge on any atom is 0.180 e. The molecule has 1 aliphatic rings. The van der Waals surface area contributed by atoms with E-state index in [4.69, 9.17) is 0 Å². The summed E-state index contributed by atoms with van der Waals surface area (Å²) in [5, 5.41) is 3.40. The first-order valence-electron chi connectivity index (χ1n) is 6.60. The number of sulfone groups is 1. The summed E-state index contributed by atoms with van der Waals surface area (Å²) >= 11 is 0. The third-order valence-corrected chi connectivity index (χ3v) is 5.36. The summed E-state index contributed by atoms with van der Waals surface area (Å²) in [7, 11) is -3.14. The van der Waals surface area contributed by atoms with Gasteiger partial charge in [0.25, 0.3) is 0 Å². The quantitative estimate of drug-likeness (QED) is 0.924. The Morgan fingerprint density at radius 3 is 3.00 bits per heavy atom. The van der Waals surface area contributed by atoms with E-state index in [0.717, 1.165) is 12.1 Å². The van der Waals surface area contributed by atoms with Crippen LogP contribution in [-0.4, -0.2) is 29.8 Å². The molecule has 3 rings (SSSR count). The molecule has 6 heteroatoms. The van der Waals surface area contributed by atoms with Gasteiger partial charge in [-0.2, -0.15) is 0 Å². The van der Waals surface area contributed by atoms with Crippen molar-refractivity contribution in [2.45, 2.75) is 30.4 Å². The Morgan fingerprint density at radius 1 is 1.45 bits per heavy atom. The lowest BCUT2D eigenvalue weighted by atomic mass is 10.1. The third kappa shape index (κ3) is 2.48. The molecule has 1 N–H and O–H groups in total. The number of nitrogens with one attached hydrogen (secondary N) is 1. The lowest BCUT2D eigenvalue weighted by Gasteiger charge is -2.19. The molecule has 20 heavy (non-hydrogen) atoms. The SMILES string of the molecule is CC(Cn1ccnc1)NC1CS(=O)(=O)c2ccccc21. The second-order valence-electron chi connectivity index (χ2n) is 5.20. The van der Waals surface area contributed by atoms with Crippen molar-refractivity contribution in [2.24, 2.45) is 0 Å². The molecule has 0 saturated heterocycles. The van der Waals surface area contributed by atoms with E-state index in [1.165, 1.54) is 0 Å². The molecular formula is C14H17N3O2S. The van der Waals surface area contributed by atoms with Crippen molar-refractivity contribution in [1.82, 2.24) is 14.9 Å². The predicted octanol–water partition coefficient (Wildman–Crippen LogP) is 1.39. The highest BCUT2D eigenvalue weighted by molar-refractivity contribution is 7.91. The molecule has 1 aromatic heterocycles. The van der Waals surface area contributed by atoms with Crippen LogP contribution >= 0.6 is 0 Å². The highest BCUT2D eigenvalue weighted by atomic mass is 32.2. The maximum atomic E-state index is 12.1. The Kier molecular flexibility index (Phi) is 3.35. The summed E-state index contributed by atoms with van der Waals surface area (Å²) in [6, 6.07) is 7.27. The van der Waals surface area contributed by atoms with Gasteiger partial charge >= 0.3 is 0 Å². The number of hydrogen-bond donors (Lipinski definition) is 1. The summed E-state index contributed by atoms with van der Waals surface area (Å²) in [5.74, 6) is 0.139. The molecule has 0 fully saturated rings. The Bertz CT molecular complexity index is 695. The van der Waals surface area contributed by atoms with Crippen molar-refractivity contribution in [3.63, 3.8) is 0 Å².